The van der Waals surface area contributed by atoms with Gasteiger partial charge in [0.1, 0.15) is 0 Å². The quantitative estimate of drug-likeness (QED) is 0.493. The fourth-order valence-electron chi connectivity index (χ4n) is 2.45. The van der Waals surface area contributed by atoms with Crippen LogP contribution in [0.25, 0.3) is 0 Å². The Morgan fingerprint density at radius 2 is 1.58 bits per heavy atom. The van der Waals surface area contributed by atoms with Gasteiger partial charge in [-0.3, -0.25) is 0 Å². The Morgan fingerprint density at radius 3 is 2.11 bits per heavy atom. The zero-order valence-corrected chi connectivity index (χ0v) is 13.5. The van der Waals surface area contributed by atoms with E-state index in [1.54, 1.807) is 11.3 Å². The molecule has 1 rings (SSSR count). The second-order valence-corrected chi connectivity index (χ2v) is 6.74. The van der Waals surface area contributed by atoms with Crippen LogP contribution in [0.4, 0.5) is 0 Å². The summed E-state index contributed by atoms with van der Waals surface area (Å²) < 4.78 is 0. The van der Waals surface area contributed by atoms with E-state index in [2.05, 4.69) is 25.3 Å². The highest BCUT2D eigenvalue weighted by molar-refractivity contribution is 7.10. The molecule has 1 nitrogen and oxygen atoms in total. The van der Waals surface area contributed by atoms with E-state index in [0.717, 1.165) is 18.4 Å². The summed E-state index contributed by atoms with van der Waals surface area (Å²) in [6.07, 6.45) is 12.8. The Labute approximate surface area is 123 Å². The van der Waals surface area contributed by atoms with Crippen LogP contribution >= 0.6 is 11.3 Å². The van der Waals surface area contributed by atoms with E-state index in [1.807, 2.05) is 0 Å². The predicted octanol–water partition coefficient (Wildman–Crippen LogP) is 6.01. The molecular weight excluding hydrogens is 252 g/mol. The lowest BCUT2D eigenvalue weighted by molar-refractivity contribution is 0.163. The van der Waals surface area contributed by atoms with Crippen LogP contribution in [0, 0.1) is 6.92 Å². The number of aliphatic hydroxyl groups is 1. The predicted molar refractivity (Wildman–Crippen MR) is 85.9 cm³/mol. The molecule has 19 heavy (non-hydrogen) atoms. The molecule has 0 aromatic carbocycles. The number of unbranched alkanes of at least 4 members (excludes halogenated alkanes) is 8. The summed E-state index contributed by atoms with van der Waals surface area (Å²) in [6.45, 7) is 4.36. The molecule has 110 valence electrons. The smallest absolute Gasteiger partial charge is 0.0798 e. The highest BCUT2D eigenvalue weighted by Gasteiger charge is 2.08. The van der Waals surface area contributed by atoms with Crippen LogP contribution in [0.2, 0.25) is 0 Å². The average molecular weight is 282 g/mol. The third-order valence-corrected chi connectivity index (χ3v) is 4.60. The van der Waals surface area contributed by atoms with E-state index >= 15 is 0 Å². The van der Waals surface area contributed by atoms with Gasteiger partial charge in [-0.25, -0.2) is 0 Å². The van der Waals surface area contributed by atoms with E-state index in [0.29, 0.717) is 0 Å². The van der Waals surface area contributed by atoms with Gasteiger partial charge in [0.05, 0.1) is 6.10 Å². The van der Waals surface area contributed by atoms with E-state index in [4.69, 9.17) is 0 Å². The number of hydrogen-bond donors (Lipinski definition) is 1. The Bertz CT molecular complexity index is 319. The third kappa shape index (κ3) is 7.74. The van der Waals surface area contributed by atoms with Crippen molar-refractivity contribution in [1.29, 1.82) is 0 Å². The van der Waals surface area contributed by atoms with Crippen LogP contribution in [-0.4, -0.2) is 5.11 Å². The SMILES string of the molecule is CCCCCCCCCCCC(O)c1csc(C)c1. The molecule has 1 N–H and O–H groups in total. The Hall–Kier alpha value is -0.340. The minimum absolute atomic E-state index is 0.241. The van der Waals surface area contributed by atoms with Crippen molar-refractivity contribution < 1.29 is 5.11 Å². The number of hydrogen-bond acceptors (Lipinski definition) is 2. The second-order valence-electron chi connectivity index (χ2n) is 5.62. The van der Waals surface area contributed by atoms with E-state index in [9.17, 15) is 5.11 Å². The monoisotopic (exact) mass is 282 g/mol. The van der Waals surface area contributed by atoms with Crippen LogP contribution in [0.5, 0.6) is 0 Å². The molecule has 0 aliphatic carbocycles. The summed E-state index contributed by atoms with van der Waals surface area (Å²) >= 11 is 1.73. The van der Waals surface area contributed by atoms with Crippen molar-refractivity contribution >= 4 is 11.3 Å². The molecule has 1 aromatic heterocycles. The summed E-state index contributed by atoms with van der Waals surface area (Å²) in [7, 11) is 0. The maximum absolute atomic E-state index is 10.0. The Balaban J connectivity index is 1.93. The summed E-state index contributed by atoms with van der Waals surface area (Å²) in [4.78, 5) is 1.29. The van der Waals surface area contributed by atoms with Gasteiger partial charge in [-0.2, -0.15) is 0 Å². The Morgan fingerprint density at radius 1 is 1.00 bits per heavy atom. The molecule has 0 aliphatic heterocycles. The van der Waals surface area contributed by atoms with E-state index < -0.39 is 0 Å². The maximum Gasteiger partial charge on any atom is 0.0798 e. The number of aryl methyl sites for hydroxylation is 1. The summed E-state index contributed by atoms with van der Waals surface area (Å²) in [5, 5.41) is 12.1. The molecule has 0 aliphatic rings. The van der Waals surface area contributed by atoms with Crippen LogP contribution in [0.3, 0.4) is 0 Å². The van der Waals surface area contributed by atoms with Crippen LogP contribution in [-0.2, 0) is 0 Å². The van der Waals surface area contributed by atoms with Gasteiger partial charge in [0.2, 0.25) is 0 Å². The molecule has 2 heteroatoms. The highest BCUT2D eigenvalue weighted by Crippen LogP contribution is 2.24. The molecule has 0 amide bonds. The van der Waals surface area contributed by atoms with Crippen molar-refractivity contribution in [2.45, 2.75) is 84.2 Å². The largest absolute Gasteiger partial charge is 0.388 e. The lowest BCUT2D eigenvalue weighted by Gasteiger charge is -2.08. The van der Waals surface area contributed by atoms with Crippen molar-refractivity contribution in [1.82, 2.24) is 0 Å². The number of rotatable bonds is 11. The summed E-state index contributed by atoms with van der Waals surface area (Å²) in [5.74, 6) is 0. The molecule has 0 spiro atoms. The fraction of sp³-hybridized carbons (Fsp3) is 0.765. The van der Waals surface area contributed by atoms with Crippen LogP contribution in [0.1, 0.15) is 87.7 Å². The third-order valence-electron chi connectivity index (χ3n) is 3.72. The summed E-state index contributed by atoms with van der Waals surface area (Å²) in [5.41, 5.74) is 1.11. The summed E-state index contributed by atoms with van der Waals surface area (Å²) in [6, 6.07) is 2.11. The zero-order chi connectivity index (χ0) is 13.9. The molecular formula is C17H30OS. The zero-order valence-electron chi connectivity index (χ0n) is 12.7. The molecule has 1 aromatic rings. The van der Waals surface area contributed by atoms with Gasteiger partial charge in [0.15, 0.2) is 0 Å². The van der Waals surface area contributed by atoms with Gasteiger partial charge in [0, 0.05) is 4.88 Å². The van der Waals surface area contributed by atoms with Gasteiger partial charge >= 0.3 is 0 Å². The van der Waals surface area contributed by atoms with Crippen molar-refractivity contribution in [2.24, 2.45) is 0 Å². The minimum Gasteiger partial charge on any atom is -0.388 e. The first-order valence-corrected chi connectivity index (χ1v) is 8.85. The molecule has 0 saturated carbocycles. The minimum atomic E-state index is -0.241. The maximum atomic E-state index is 10.0. The first kappa shape index (κ1) is 16.7. The normalized spacial score (nSPS) is 12.8. The van der Waals surface area contributed by atoms with Gasteiger partial charge < -0.3 is 5.11 Å². The number of thiophene rings is 1. The van der Waals surface area contributed by atoms with E-state index in [1.165, 1.54) is 56.2 Å². The Kier molecular flexibility index (Phi) is 9.19. The van der Waals surface area contributed by atoms with Crippen molar-refractivity contribution in [3.8, 4) is 0 Å². The van der Waals surface area contributed by atoms with Crippen molar-refractivity contribution in [3.63, 3.8) is 0 Å². The second kappa shape index (κ2) is 10.4. The van der Waals surface area contributed by atoms with Gasteiger partial charge in [-0.05, 0) is 30.4 Å². The average Bonchev–Trinajstić information content (AvgIpc) is 2.83. The van der Waals surface area contributed by atoms with Crippen molar-refractivity contribution in [3.05, 3.63) is 21.9 Å². The van der Waals surface area contributed by atoms with Gasteiger partial charge in [0.25, 0.3) is 0 Å². The highest BCUT2D eigenvalue weighted by atomic mass is 32.1. The van der Waals surface area contributed by atoms with E-state index in [-0.39, 0.29) is 6.10 Å². The molecule has 0 fully saturated rings. The molecule has 0 saturated heterocycles. The topological polar surface area (TPSA) is 20.2 Å². The van der Waals surface area contributed by atoms with Crippen molar-refractivity contribution in [2.75, 3.05) is 0 Å². The van der Waals surface area contributed by atoms with Gasteiger partial charge in [-0.15, -0.1) is 11.3 Å². The standard InChI is InChI=1S/C17H30OS/c1-3-4-5-6-7-8-9-10-11-12-17(18)16-13-15(2)19-14-16/h13-14,17-18H,3-12H2,1-2H3. The molecule has 1 heterocycles. The van der Waals surface area contributed by atoms with Gasteiger partial charge in [-0.1, -0.05) is 64.7 Å². The molecule has 1 unspecified atom stereocenters. The lowest BCUT2D eigenvalue weighted by Crippen LogP contribution is -1.95. The van der Waals surface area contributed by atoms with Crippen LogP contribution < -0.4 is 0 Å². The molecule has 0 bridgehead atoms. The first-order valence-electron chi connectivity index (χ1n) is 7.97. The first-order chi connectivity index (χ1) is 9.24. The fourth-order valence-corrected chi connectivity index (χ4v) is 3.20. The number of aliphatic hydroxyl groups excluding tert-OH is 1. The lowest BCUT2D eigenvalue weighted by atomic mass is 10.0. The molecule has 0 radical (unpaired) electrons. The molecule has 1 atom stereocenters. The van der Waals surface area contributed by atoms with Crippen LogP contribution in [0.15, 0.2) is 11.4 Å².